The molecule has 0 N–H and O–H groups in total. The molecule has 0 aliphatic carbocycles. The molecule has 0 atom stereocenters. The lowest BCUT2D eigenvalue weighted by molar-refractivity contribution is -0.113. The number of amides is 1. The Bertz CT molecular complexity index is 914. The molecule has 134 valence electrons. The van der Waals surface area contributed by atoms with E-state index in [0.717, 1.165) is 15.8 Å². The molecule has 1 aliphatic heterocycles. The third kappa shape index (κ3) is 4.16. The van der Waals surface area contributed by atoms with Crippen LogP contribution in [0.4, 0.5) is 10.1 Å². The molecule has 1 aliphatic rings. The average Bonchev–Trinajstić information content (AvgIpc) is 2.83. The maximum absolute atomic E-state index is 13.5. The minimum atomic E-state index is -0.412. The maximum atomic E-state index is 13.5. The second-order valence-electron chi connectivity index (χ2n) is 5.85. The monoisotopic (exact) mass is 451 g/mol. The van der Waals surface area contributed by atoms with E-state index in [4.69, 9.17) is 17.0 Å². The zero-order valence-corrected chi connectivity index (χ0v) is 17.3. The normalized spacial score (nSPS) is 16.0. The molecule has 1 heterocycles. The Balaban J connectivity index is 1.87. The van der Waals surface area contributed by atoms with Gasteiger partial charge in [-0.05, 0) is 71.7 Å². The lowest BCUT2D eigenvalue weighted by Crippen LogP contribution is -2.27. The first-order chi connectivity index (χ1) is 12.3. The molecular formula is C19H15BrFNO2S2. The lowest BCUT2D eigenvalue weighted by Gasteiger charge is -2.14. The number of anilines is 1. The fourth-order valence-corrected chi connectivity index (χ4v) is 4.20. The summed E-state index contributed by atoms with van der Waals surface area (Å²) in [7, 11) is 0. The van der Waals surface area contributed by atoms with Crippen LogP contribution in [-0.4, -0.2) is 16.3 Å². The van der Waals surface area contributed by atoms with E-state index >= 15 is 0 Å². The summed E-state index contributed by atoms with van der Waals surface area (Å²) in [5, 5.41) is 0. The number of benzene rings is 2. The minimum Gasteiger partial charge on any atom is -0.490 e. The van der Waals surface area contributed by atoms with Crippen LogP contribution in [0.5, 0.6) is 5.75 Å². The third-order valence-electron chi connectivity index (χ3n) is 3.48. The number of nitrogens with zero attached hydrogens (tertiary/aromatic N) is 1. The van der Waals surface area contributed by atoms with Crippen LogP contribution in [0.15, 0.2) is 51.8 Å². The topological polar surface area (TPSA) is 29.5 Å². The highest BCUT2D eigenvalue weighted by Crippen LogP contribution is 2.37. The van der Waals surface area contributed by atoms with Gasteiger partial charge in [0.25, 0.3) is 5.91 Å². The molecule has 26 heavy (non-hydrogen) atoms. The second-order valence-corrected chi connectivity index (χ2v) is 8.38. The molecule has 0 bridgehead atoms. The molecule has 2 aromatic carbocycles. The number of hydrogen-bond donors (Lipinski definition) is 0. The number of thioether (sulfide) groups is 1. The van der Waals surface area contributed by atoms with E-state index in [0.29, 0.717) is 14.9 Å². The van der Waals surface area contributed by atoms with E-state index < -0.39 is 5.82 Å². The SMILES string of the molecule is CC(C)Oc1ccc(/C=C2/SC(=S)N(c3cccc(F)c3)C2=O)cc1Br. The van der Waals surface area contributed by atoms with E-state index in [2.05, 4.69) is 15.9 Å². The van der Waals surface area contributed by atoms with Crippen molar-refractivity contribution in [3.63, 3.8) is 0 Å². The maximum Gasteiger partial charge on any atom is 0.270 e. The highest BCUT2D eigenvalue weighted by molar-refractivity contribution is 9.10. The largest absolute Gasteiger partial charge is 0.490 e. The van der Waals surface area contributed by atoms with Gasteiger partial charge in [0.15, 0.2) is 4.32 Å². The summed E-state index contributed by atoms with van der Waals surface area (Å²) in [6.45, 7) is 3.91. The van der Waals surface area contributed by atoms with Crippen LogP contribution in [-0.2, 0) is 4.79 Å². The summed E-state index contributed by atoms with van der Waals surface area (Å²) in [5.41, 5.74) is 1.27. The van der Waals surface area contributed by atoms with Gasteiger partial charge in [-0.25, -0.2) is 4.39 Å². The van der Waals surface area contributed by atoms with Crippen molar-refractivity contribution in [2.75, 3.05) is 4.90 Å². The molecule has 0 spiro atoms. The molecule has 0 saturated carbocycles. The van der Waals surface area contributed by atoms with Crippen LogP contribution in [0.1, 0.15) is 19.4 Å². The Kier molecular flexibility index (Phi) is 5.79. The van der Waals surface area contributed by atoms with Gasteiger partial charge in [0.2, 0.25) is 0 Å². The van der Waals surface area contributed by atoms with Crippen LogP contribution in [0.25, 0.3) is 6.08 Å². The number of hydrogen-bond acceptors (Lipinski definition) is 4. The number of carbonyl (C=O) groups excluding carboxylic acids is 1. The van der Waals surface area contributed by atoms with Crippen LogP contribution < -0.4 is 9.64 Å². The third-order valence-corrected chi connectivity index (χ3v) is 5.40. The quantitative estimate of drug-likeness (QED) is 0.435. The number of carbonyl (C=O) groups is 1. The van der Waals surface area contributed by atoms with E-state index in [1.54, 1.807) is 18.2 Å². The van der Waals surface area contributed by atoms with E-state index in [1.807, 2.05) is 32.0 Å². The first kappa shape index (κ1) is 19.1. The van der Waals surface area contributed by atoms with E-state index in [-0.39, 0.29) is 12.0 Å². The van der Waals surface area contributed by atoms with Gasteiger partial charge in [-0.1, -0.05) is 36.1 Å². The first-order valence-corrected chi connectivity index (χ1v) is 9.86. The van der Waals surface area contributed by atoms with Crippen LogP contribution >= 0.6 is 39.9 Å². The fourth-order valence-electron chi connectivity index (χ4n) is 2.41. The summed E-state index contributed by atoms with van der Waals surface area (Å²) in [5.74, 6) is 0.0684. The predicted octanol–water partition coefficient (Wildman–Crippen LogP) is 5.78. The van der Waals surface area contributed by atoms with Crippen molar-refractivity contribution < 1.29 is 13.9 Å². The lowest BCUT2D eigenvalue weighted by atomic mass is 10.2. The van der Waals surface area contributed by atoms with Crippen molar-refractivity contribution in [1.29, 1.82) is 0 Å². The van der Waals surface area contributed by atoms with Crippen molar-refractivity contribution in [3.05, 3.63) is 63.2 Å². The van der Waals surface area contributed by atoms with Gasteiger partial charge >= 0.3 is 0 Å². The van der Waals surface area contributed by atoms with Gasteiger partial charge in [0.1, 0.15) is 11.6 Å². The van der Waals surface area contributed by atoms with Crippen molar-refractivity contribution in [3.8, 4) is 5.75 Å². The van der Waals surface area contributed by atoms with Crippen LogP contribution in [0, 0.1) is 5.82 Å². The molecule has 0 aromatic heterocycles. The fraction of sp³-hybridized carbons (Fsp3) is 0.158. The minimum absolute atomic E-state index is 0.0691. The number of ether oxygens (including phenoxy) is 1. The smallest absolute Gasteiger partial charge is 0.270 e. The zero-order chi connectivity index (χ0) is 18.8. The molecule has 0 unspecified atom stereocenters. The van der Waals surface area contributed by atoms with Crippen LogP contribution in [0.2, 0.25) is 0 Å². The van der Waals surface area contributed by atoms with Gasteiger partial charge in [-0.3, -0.25) is 9.69 Å². The molecule has 2 aromatic rings. The first-order valence-electron chi connectivity index (χ1n) is 7.85. The predicted molar refractivity (Wildman–Crippen MR) is 112 cm³/mol. The highest BCUT2D eigenvalue weighted by atomic mass is 79.9. The number of rotatable bonds is 4. The Morgan fingerprint density at radius 1 is 1.27 bits per heavy atom. The summed E-state index contributed by atoms with van der Waals surface area (Å²) < 4.78 is 20.3. The Labute approximate surface area is 169 Å². The van der Waals surface area contributed by atoms with Crippen molar-refractivity contribution >= 4 is 61.9 Å². The van der Waals surface area contributed by atoms with Gasteiger partial charge in [-0.2, -0.15) is 0 Å². The number of halogens is 2. The molecule has 7 heteroatoms. The Morgan fingerprint density at radius 3 is 2.69 bits per heavy atom. The van der Waals surface area contributed by atoms with Gasteiger partial charge in [0.05, 0.1) is 21.2 Å². The second kappa shape index (κ2) is 7.90. The van der Waals surface area contributed by atoms with Gasteiger partial charge in [0, 0.05) is 0 Å². The zero-order valence-electron chi connectivity index (χ0n) is 14.0. The molecule has 0 radical (unpaired) electrons. The van der Waals surface area contributed by atoms with Crippen molar-refractivity contribution in [1.82, 2.24) is 0 Å². The molecule has 1 fully saturated rings. The molecular weight excluding hydrogens is 437 g/mol. The standard InChI is InChI=1S/C19H15BrFNO2S2/c1-11(2)24-16-7-6-12(8-15(16)20)9-17-18(23)22(19(25)26-17)14-5-3-4-13(21)10-14/h3-11H,1-2H3/b17-9+. The van der Waals surface area contributed by atoms with Crippen molar-refractivity contribution in [2.24, 2.45) is 0 Å². The average molecular weight is 452 g/mol. The van der Waals surface area contributed by atoms with Crippen LogP contribution in [0.3, 0.4) is 0 Å². The molecule has 1 amide bonds. The van der Waals surface area contributed by atoms with Crippen molar-refractivity contribution in [2.45, 2.75) is 20.0 Å². The van der Waals surface area contributed by atoms with Gasteiger partial charge in [-0.15, -0.1) is 0 Å². The number of thiocarbonyl (C=S) groups is 1. The summed E-state index contributed by atoms with van der Waals surface area (Å²) >= 11 is 9.99. The molecule has 3 rings (SSSR count). The summed E-state index contributed by atoms with van der Waals surface area (Å²) in [4.78, 5) is 14.6. The summed E-state index contributed by atoms with van der Waals surface area (Å²) in [6, 6.07) is 11.4. The molecule has 3 nitrogen and oxygen atoms in total. The Morgan fingerprint density at radius 2 is 2.04 bits per heavy atom. The Hall–Kier alpha value is -1.70. The summed E-state index contributed by atoms with van der Waals surface area (Å²) in [6.07, 6.45) is 1.84. The molecule has 1 saturated heterocycles. The van der Waals surface area contributed by atoms with E-state index in [9.17, 15) is 9.18 Å². The highest BCUT2D eigenvalue weighted by Gasteiger charge is 2.33. The van der Waals surface area contributed by atoms with Gasteiger partial charge < -0.3 is 4.74 Å². The van der Waals surface area contributed by atoms with E-state index in [1.165, 1.54) is 28.8 Å².